The molecule has 4 heteroatoms. The molecule has 0 bridgehead atoms. The van der Waals surface area contributed by atoms with E-state index >= 15 is 0 Å². The lowest BCUT2D eigenvalue weighted by Gasteiger charge is -2.40. The van der Waals surface area contributed by atoms with Crippen LogP contribution < -0.4 is 0 Å². The van der Waals surface area contributed by atoms with Gasteiger partial charge in [-0.15, -0.1) is 0 Å². The fraction of sp³-hybridized carbons (Fsp3) is 0.571. The fourth-order valence-electron chi connectivity index (χ4n) is 2.75. The maximum atomic E-state index is 6.13. The Morgan fingerprint density at radius 2 is 1.89 bits per heavy atom. The lowest BCUT2D eigenvalue weighted by atomic mass is 10.0. The summed E-state index contributed by atoms with van der Waals surface area (Å²) in [5, 5.41) is -0.205. The third-order valence-electron chi connectivity index (χ3n) is 3.59. The van der Waals surface area contributed by atoms with E-state index in [4.69, 9.17) is 13.6 Å². The molecule has 1 aromatic rings. The predicted octanol–water partition coefficient (Wildman–Crippen LogP) is 2.22. The zero-order valence-electron chi connectivity index (χ0n) is 11.2. The summed E-state index contributed by atoms with van der Waals surface area (Å²) in [5.74, 6) is 0. The molecule has 1 unspecified atom stereocenters. The van der Waals surface area contributed by atoms with Crippen LogP contribution in [-0.2, 0) is 20.0 Å². The topological polar surface area (TPSA) is 27.7 Å². The van der Waals surface area contributed by atoms with Gasteiger partial charge < -0.3 is 13.6 Å². The smallest absolute Gasteiger partial charge is 0.354 e. The van der Waals surface area contributed by atoms with E-state index in [1.807, 2.05) is 6.07 Å². The molecule has 1 fully saturated rings. The van der Waals surface area contributed by atoms with E-state index in [1.165, 1.54) is 12.0 Å². The van der Waals surface area contributed by atoms with E-state index < -0.39 is 9.28 Å². The number of hydrogen-bond donors (Lipinski definition) is 0. The van der Waals surface area contributed by atoms with Crippen LogP contribution >= 0.6 is 0 Å². The van der Waals surface area contributed by atoms with Crippen LogP contribution in [0, 0.1) is 0 Å². The average Bonchev–Trinajstić information content (AvgIpc) is 2.42. The molecule has 0 aliphatic carbocycles. The van der Waals surface area contributed by atoms with Gasteiger partial charge in [-0.2, -0.15) is 0 Å². The van der Waals surface area contributed by atoms with Crippen molar-refractivity contribution in [2.75, 3.05) is 20.8 Å². The summed E-state index contributed by atoms with van der Waals surface area (Å²) in [7, 11) is 1.68. The number of hydrogen-bond acceptors (Lipinski definition) is 3. The van der Waals surface area contributed by atoms with Crippen molar-refractivity contribution in [1.29, 1.82) is 0 Å². The van der Waals surface area contributed by atoms with Gasteiger partial charge in [-0.1, -0.05) is 30.3 Å². The first-order chi connectivity index (χ1) is 8.80. The molecule has 1 aliphatic rings. The van der Waals surface area contributed by atoms with Crippen molar-refractivity contribution in [2.45, 2.75) is 30.9 Å². The Hall–Kier alpha value is -0.683. The molecule has 1 aromatic carbocycles. The molecular weight excluding hydrogens is 244 g/mol. The molecule has 0 spiro atoms. The second-order valence-electron chi connectivity index (χ2n) is 4.84. The van der Waals surface area contributed by atoms with Gasteiger partial charge in [0.25, 0.3) is 0 Å². The van der Waals surface area contributed by atoms with Crippen molar-refractivity contribution < 1.29 is 13.6 Å². The van der Waals surface area contributed by atoms with E-state index in [1.54, 1.807) is 14.2 Å². The molecule has 1 atom stereocenters. The Bertz CT molecular complexity index is 345. The Balaban J connectivity index is 2.19. The molecule has 1 heterocycles. The molecule has 0 amide bonds. The zero-order chi connectivity index (χ0) is 12.8. The number of ether oxygens (including phenoxy) is 1. The van der Waals surface area contributed by atoms with Gasteiger partial charge in [0.2, 0.25) is 0 Å². The van der Waals surface area contributed by atoms with Crippen LogP contribution in [0.4, 0.5) is 0 Å². The summed E-state index contributed by atoms with van der Waals surface area (Å²) in [6, 6.07) is 10.5. The van der Waals surface area contributed by atoms with Gasteiger partial charge in [0.1, 0.15) is 5.22 Å². The highest BCUT2D eigenvalue weighted by Gasteiger charge is 2.44. The molecule has 0 aromatic heterocycles. The Morgan fingerprint density at radius 1 is 1.17 bits per heavy atom. The molecule has 1 aliphatic heterocycles. The van der Waals surface area contributed by atoms with Gasteiger partial charge >= 0.3 is 9.28 Å². The first kappa shape index (κ1) is 13.7. The summed E-state index contributed by atoms with van der Waals surface area (Å²) >= 11 is 0. The SMILES string of the molecule is CO[SiH](OC)C1(Cc2ccccc2)CCCCO1. The highest BCUT2D eigenvalue weighted by Crippen LogP contribution is 2.31. The third-order valence-corrected chi connectivity index (χ3v) is 5.96. The molecular formula is C14H22O3Si. The van der Waals surface area contributed by atoms with Gasteiger partial charge in [0, 0.05) is 27.2 Å². The largest absolute Gasteiger partial charge is 0.398 e. The van der Waals surface area contributed by atoms with Crippen LogP contribution in [0.2, 0.25) is 0 Å². The minimum Gasteiger partial charge on any atom is -0.398 e. The fourth-order valence-corrected chi connectivity index (χ4v) is 4.90. The normalized spacial score (nSPS) is 24.4. The van der Waals surface area contributed by atoms with Gasteiger partial charge in [-0.3, -0.25) is 0 Å². The predicted molar refractivity (Wildman–Crippen MR) is 73.8 cm³/mol. The second-order valence-corrected chi connectivity index (χ2v) is 7.49. The van der Waals surface area contributed by atoms with E-state index in [2.05, 4.69) is 24.3 Å². The van der Waals surface area contributed by atoms with Crippen molar-refractivity contribution in [3.05, 3.63) is 35.9 Å². The summed E-state index contributed by atoms with van der Waals surface area (Å²) < 4.78 is 17.3. The monoisotopic (exact) mass is 266 g/mol. The minimum atomic E-state index is -1.80. The zero-order valence-corrected chi connectivity index (χ0v) is 12.4. The minimum absolute atomic E-state index is 0.205. The van der Waals surface area contributed by atoms with E-state index in [9.17, 15) is 0 Å². The van der Waals surface area contributed by atoms with Crippen LogP contribution in [-0.4, -0.2) is 35.3 Å². The maximum Gasteiger partial charge on any atom is 0.354 e. The lowest BCUT2D eigenvalue weighted by molar-refractivity contribution is -0.0463. The third kappa shape index (κ3) is 3.01. The standard InChI is InChI=1S/C14H22O3Si/c1-15-18(16-2)14(10-6-7-11-17-14)12-13-8-4-3-5-9-13/h3-5,8-9,18H,6-7,10-12H2,1-2H3. The molecule has 18 heavy (non-hydrogen) atoms. The Labute approximate surface area is 111 Å². The molecule has 0 saturated carbocycles. The van der Waals surface area contributed by atoms with Gasteiger partial charge in [-0.05, 0) is 24.8 Å². The van der Waals surface area contributed by atoms with Crippen LogP contribution in [0.25, 0.3) is 0 Å². The summed E-state index contributed by atoms with van der Waals surface area (Å²) in [6.45, 7) is 0.822. The van der Waals surface area contributed by atoms with Crippen molar-refractivity contribution in [3.8, 4) is 0 Å². The van der Waals surface area contributed by atoms with Crippen molar-refractivity contribution in [1.82, 2.24) is 0 Å². The number of benzene rings is 1. The van der Waals surface area contributed by atoms with Crippen molar-refractivity contribution in [3.63, 3.8) is 0 Å². The van der Waals surface area contributed by atoms with Crippen LogP contribution in [0.1, 0.15) is 24.8 Å². The first-order valence-electron chi connectivity index (χ1n) is 6.54. The first-order valence-corrected chi connectivity index (χ1v) is 8.06. The second kappa shape index (κ2) is 6.47. The van der Waals surface area contributed by atoms with Crippen molar-refractivity contribution >= 4 is 9.28 Å². The van der Waals surface area contributed by atoms with Gasteiger partial charge in [-0.25, -0.2) is 0 Å². The molecule has 100 valence electrons. The lowest BCUT2D eigenvalue weighted by Crippen LogP contribution is -2.54. The molecule has 0 radical (unpaired) electrons. The Kier molecular flexibility index (Phi) is 4.94. The molecule has 2 rings (SSSR count). The average molecular weight is 266 g/mol. The maximum absolute atomic E-state index is 6.13. The van der Waals surface area contributed by atoms with Crippen LogP contribution in [0.5, 0.6) is 0 Å². The van der Waals surface area contributed by atoms with E-state index in [0.29, 0.717) is 0 Å². The number of rotatable bonds is 5. The van der Waals surface area contributed by atoms with Crippen LogP contribution in [0.3, 0.4) is 0 Å². The van der Waals surface area contributed by atoms with Crippen LogP contribution in [0.15, 0.2) is 30.3 Å². The summed E-state index contributed by atoms with van der Waals surface area (Å²) in [5.41, 5.74) is 1.30. The molecule has 0 N–H and O–H groups in total. The summed E-state index contributed by atoms with van der Waals surface area (Å²) in [4.78, 5) is 0. The quantitative estimate of drug-likeness (QED) is 0.765. The highest BCUT2D eigenvalue weighted by atomic mass is 28.3. The van der Waals surface area contributed by atoms with Crippen molar-refractivity contribution in [2.24, 2.45) is 0 Å². The van der Waals surface area contributed by atoms with E-state index in [0.717, 1.165) is 25.9 Å². The Morgan fingerprint density at radius 3 is 2.44 bits per heavy atom. The highest BCUT2D eigenvalue weighted by molar-refractivity contribution is 6.48. The molecule has 3 nitrogen and oxygen atoms in total. The van der Waals surface area contributed by atoms with Gasteiger partial charge in [0.15, 0.2) is 0 Å². The van der Waals surface area contributed by atoms with E-state index in [-0.39, 0.29) is 5.22 Å². The summed E-state index contributed by atoms with van der Waals surface area (Å²) in [6.07, 6.45) is 4.28. The molecule has 1 saturated heterocycles. The van der Waals surface area contributed by atoms with Gasteiger partial charge in [0.05, 0.1) is 0 Å².